The number of carbonyl (C=O) groups is 1. The van der Waals surface area contributed by atoms with Crippen molar-refractivity contribution in [2.75, 3.05) is 40.5 Å². The van der Waals surface area contributed by atoms with Crippen molar-refractivity contribution in [1.29, 1.82) is 0 Å². The molecule has 3 heterocycles. The van der Waals surface area contributed by atoms with Gasteiger partial charge in [-0.25, -0.2) is 18.4 Å². The Hall–Kier alpha value is -2.98. The Balaban J connectivity index is 1.97. The van der Waals surface area contributed by atoms with Gasteiger partial charge in [-0.1, -0.05) is 18.8 Å². The molecule has 1 aliphatic rings. The van der Waals surface area contributed by atoms with E-state index in [-0.39, 0.29) is 54.6 Å². The van der Waals surface area contributed by atoms with Crippen molar-refractivity contribution in [3.8, 4) is 17.7 Å². The predicted molar refractivity (Wildman–Crippen MR) is 127 cm³/mol. The van der Waals surface area contributed by atoms with Crippen LogP contribution in [0.1, 0.15) is 29.8 Å². The van der Waals surface area contributed by atoms with Crippen LogP contribution in [0.2, 0.25) is 0 Å². The third-order valence-corrected chi connectivity index (χ3v) is 7.47. The number of amides is 1. The van der Waals surface area contributed by atoms with Crippen LogP contribution < -0.4 is 4.74 Å². The number of aliphatic hydroxyl groups excluding tert-OH is 1. The Morgan fingerprint density at radius 2 is 2.14 bits per heavy atom. The minimum atomic E-state index is -3.85. The van der Waals surface area contributed by atoms with Crippen LogP contribution in [0.3, 0.4) is 0 Å². The maximum atomic E-state index is 13.4. The summed E-state index contributed by atoms with van der Waals surface area (Å²) in [5, 5.41) is 9.71. The number of hydrogen-bond acceptors (Lipinski definition) is 8. The number of pyridine rings is 1. The van der Waals surface area contributed by atoms with Gasteiger partial charge in [0.1, 0.15) is 18.3 Å². The summed E-state index contributed by atoms with van der Waals surface area (Å²) < 4.78 is 39.9. The van der Waals surface area contributed by atoms with Crippen LogP contribution >= 0.6 is 0 Å². The summed E-state index contributed by atoms with van der Waals surface area (Å²) in [6.45, 7) is 3.87. The number of aliphatic hydroxyl groups is 1. The zero-order chi connectivity index (χ0) is 25.8. The summed E-state index contributed by atoms with van der Waals surface area (Å²) in [5.41, 5.74) is 0.705. The SMILES string of the molecule is COCC#Cc1cnc2c(c1)C(=O)N([C@H](C)CO)C[C@@H](C)[C@H](CN(C)S(=O)(=O)c1cn(C)cn1)O2. The molecule has 0 fully saturated rings. The second kappa shape index (κ2) is 11.2. The molecule has 1 aliphatic heterocycles. The number of ether oxygens (including phenoxy) is 2. The Morgan fingerprint density at radius 1 is 1.40 bits per heavy atom. The molecule has 0 saturated carbocycles. The van der Waals surface area contributed by atoms with Gasteiger partial charge in [0.05, 0.1) is 25.5 Å². The maximum absolute atomic E-state index is 13.4. The van der Waals surface area contributed by atoms with E-state index in [1.807, 2.05) is 6.92 Å². The zero-order valence-corrected chi connectivity index (χ0v) is 21.3. The van der Waals surface area contributed by atoms with Crippen molar-refractivity contribution in [2.45, 2.75) is 31.0 Å². The standard InChI is InChI=1S/C23H31N5O6S/c1-16-11-28(17(2)14-29)23(30)19-9-18(7-6-8-33-5)10-24-22(19)34-20(16)12-27(4)35(31,32)21-13-26(3)15-25-21/h9-10,13,15-17,20,29H,8,11-12,14H2,1-5H3/t16-,17-,20+/m1/s1. The first-order chi connectivity index (χ1) is 16.6. The van der Waals surface area contributed by atoms with Crippen molar-refractivity contribution in [2.24, 2.45) is 13.0 Å². The van der Waals surface area contributed by atoms with Gasteiger partial charge in [-0.05, 0) is 13.0 Å². The monoisotopic (exact) mass is 505 g/mol. The molecule has 0 aromatic carbocycles. The van der Waals surface area contributed by atoms with Gasteiger partial charge in [-0.3, -0.25) is 4.79 Å². The van der Waals surface area contributed by atoms with Crippen LogP contribution in [-0.4, -0.2) is 95.8 Å². The summed E-state index contributed by atoms with van der Waals surface area (Å²) in [5.74, 6) is 5.19. The summed E-state index contributed by atoms with van der Waals surface area (Å²) in [7, 11) is 0.829. The van der Waals surface area contributed by atoms with Crippen LogP contribution in [0, 0.1) is 17.8 Å². The molecule has 0 spiro atoms. The molecular formula is C23H31N5O6S. The third-order valence-electron chi connectivity index (χ3n) is 5.76. The molecule has 0 bridgehead atoms. The van der Waals surface area contributed by atoms with Gasteiger partial charge in [-0.15, -0.1) is 0 Å². The van der Waals surface area contributed by atoms with E-state index in [2.05, 4.69) is 21.8 Å². The fourth-order valence-electron chi connectivity index (χ4n) is 3.63. The second-order valence-corrected chi connectivity index (χ2v) is 10.6. The van der Waals surface area contributed by atoms with Gasteiger partial charge in [0.25, 0.3) is 15.9 Å². The number of carbonyl (C=O) groups excluding carboxylic acids is 1. The number of nitrogens with zero attached hydrogens (tertiary/aromatic N) is 5. The Morgan fingerprint density at radius 3 is 2.77 bits per heavy atom. The minimum Gasteiger partial charge on any atom is -0.472 e. The molecule has 1 amide bonds. The lowest BCUT2D eigenvalue weighted by atomic mass is 10.0. The second-order valence-electron chi connectivity index (χ2n) is 8.60. The number of methoxy groups -OCH3 is 1. The lowest BCUT2D eigenvalue weighted by Crippen LogP contribution is -2.50. The molecule has 3 rings (SSSR count). The molecule has 2 aromatic heterocycles. The minimum absolute atomic E-state index is 0.00608. The van der Waals surface area contributed by atoms with Crippen LogP contribution in [0.5, 0.6) is 5.88 Å². The first-order valence-corrected chi connectivity index (χ1v) is 12.5. The van der Waals surface area contributed by atoms with E-state index in [1.165, 1.54) is 37.2 Å². The lowest BCUT2D eigenvalue weighted by molar-refractivity contribution is 0.0373. The molecule has 11 nitrogen and oxygen atoms in total. The lowest BCUT2D eigenvalue weighted by Gasteiger charge is -2.37. The molecule has 3 atom stereocenters. The Kier molecular flexibility index (Phi) is 8.50. The van der Waals surface area contributed by atoms with Crippen LogP contribution in [-0.2, 0) is 21.8 Å². The van der Waals surface area contributed by atoms with E-state index in [4.69, 9.17) is 9.47 Å². The van der Waals surface area contributed by atoms with Crippen molar-refractivity contribution in [1.82, 2.24) is 23.7 Å². The van der Waals surface area contributed by atoms with E-state index in [9.17, 15) is 18.3 Å². The predicted octanol–water partition coefficient (Wildman–Crippen LogP) is 0.354. The van der Waals surface area contributed by atoms with Crippen molar-refractivity contribution >= 4 is 15.9 Å². The summed E-state index contributed by atoms with van der Waals surface area (Å²) in [4.78, 5) is 23.2. The molecule has 0 saturated heterocycles. The van der Waals surface area contributed by atoms with Gasteiger partial charge in [-0.2, -0.15) is 4.31 Å². The smallest absolute Gasteiger partial charge is 0.261 e. The average Bonchev–Trinajstić information content (AvgIpc) is 3.28. The maximum Gasteiger partial charge on any atom is 0.261 e. The molecule has 2 aromatic rings. The highest BCUT2D eigenvalue weighted by atomic mass is 32.2. The van der Waals surface area contributed by atoms with E-state index in [1.54, 1.807) is 29.5 Å². The number of aromatic nitrogens is 3. The van der Waals surface area contributed by atoms with Crippen molar-refractivity contribution in [3.05, 3.63) is 35.9 Å². The number of sulfonamides is 1. The topological polar surface area (TPSA) is 127 Å². The van der Waals surface area contributed by atoms with E-state index in [0.29, 0.717) is 5.56 Å². The molecule has 0 radical (unpaired) electrons. The highest BCUT2D eigenvalue weighted by Gasteiger charge is 2.36. The Labute approximate surface area is 205 Å². The number of likely N-dealkylation sites (N-methyl/N-ethyl adjacent to an activating group) is 1. The number of rotatable bonds is 7. The zero-order valence-electron chi connectivity index (χ0n) is 20.5. The van der Waals surface area contributed by atoms with Gasteiger partial charge in [0.15, 0.2) is 5.03 Å². The van der Waals surface area contributed by atoms with Crippen molar-refractivity contribution < 1.29 is 27.8 Å². The summed E-state index contributed by atoms with van der Waals surface area (Å²) in [6.07, 6.45) is 3.71. The summed E-state index contributed by atoms with van der Waals surface area (Å²) in [6, 6.07) is 1.13. The molecule has 12 heteroatoms. The van der Waals surface area contributed by atoms with Crippen LogP contribution in [0.4, 0.5) is 0 Å². The number of imidazole rings is 1. The van der Waals surface area contributed by atoms with Gasteiger partial charge in [0.2, 0.25) is 5.88 Å². The van der Waals surface area contributed by atoms with Gasteiger partial charge in [0, 0.05) is 51.6 Å². The van der Waals surface area contributed by atoms with Crippen LogP contribution in [0.25, 0.3) is 0 Å². The fraction of sp³-hybridized carbons (Fsp3) is 0.522. The largest absolute Gasteiger partial charge is 0.472 e. The Bertz CT molecular complexity index is 1220. The third kappa shape index (κ3) is 5.99. The molecule has 0 unspecified atom stereocenters. The van der Waals surface area contributed by atoms with E-state index >= 15 is 0 Å². The molecule has 190 valence electrons. The van der Waals surface area contributed by atoms with Gasteiger partial charge >= 0.3 is 0 Å². The van der Waals surface area contributed by atoms with Crippen molar-refractivity contribution in [3.63, 3.8) is 0 Å². The number of fused-ring (bicyclic) bond motifs is 1. The number of hydrogen-bond donors (Lipinski definition) is 1. The van der Waals surface area contributed by atoms with Crippen LogP contribution in [0.15, 0.2) is 29.8 Å². The molecular weight excluding hydrogens is 474 g/mol. The van der Waals surface area contributed by atoms with E-state index < -0.39 is 22.2 Å². The number of aryl methyl sites for hydroxylation is 1. The van der Waals surface area contributed by atoms with E-state index in [0.717, 1.165) is 0 Å². The highest BCUT2D eigenvalue weighted by Crippen LogP contribution is 2.28. The molecule has 0 aliphatic carbocycles. The van der Waals surface area contributed by atoms with Gasteiger partial charge < -0.3 is 24.0 Å². The quantitative estimate of drug-likeness (QED) is 0.534. The first-order valence-electron chi connectivity index (χ1n) is 11.1. The summed E-state index contributed by atoms with van der Waals surface area (Å²) >= 11 is 0. The average molecular weight is 506 g/mol. The molecule has 35 heavy (non-hydrogen) atoms. The highest BCUT2D eigenvalue weighted by molar-refractivity contribution is 7.89. The normalized spacial score (nSPS) is 19.3. The fourth-order valence-corrected chi connectivity index (χ4v) is 4.77. The first kappa shape index (κ1) is 26.6. The molecule has 1 N–H and O–H groups in total.